The molecule has 0 unspecified atom stereocenters. The molecule has 0 rings (SSSR count). The van der Waals surface area contributed by atoms with E-state index in [4.69, 9.17) is 0 Å². The Labute approximate surface area is 108 Å². The van der Waals surface area contributed by atoms with E-state index in [9.17, 15) is 0 Å². The van der Waals surface area contributed by atoms with Crippen LogP contribution in [0.5, 0.6) is 0 Å². The van der Waals surface area contributed by atoms with Gasteiger partial charge in [-0.1, -0.05) is 41.0 Å². The molecule has 0 heterocycles. The summed E-state index contributed by atoms with van der Waals surface area (Å²) in [4.78, 5) is 0. The SMILES string of the molecule is C=CCC(=CC)CCC=C(C)CCC=C(C)C. The normalized spacial score (nSPS) is 12.5. The molecule has 96 valence electrons. The molecule has 0 saturated carbocycles. The first-order chi connectivity index (χ1) is 8.10. The Kier molecular flexibility index (Phi) is 9.52. The molecule has 0 aromatic rings. The minimum atomic E-state index is 1.03. The maximum Gasteiger partial charge on any atom is -0.0142 e. The first kappa shape index (κ1) is 16.0. The van der Waals surface area contributed by atoms with Gasteiger partial charge in [-0.15, -0.1) is 6.58 Å². The van der Waals surface area contributed by atoms with Gasteiger partial charge >= 0.3 is 0 Å². The van der Waals surface area contributed by atoms with Crippen molar-refractivity contribution in [3.05, 3.63) is 47.6 Å². The molecule has 0 atom stereocenters. The van der Waals surface area contributed by atoms with Crippen LogP contribution in [0.3, 0.4) is 0 Å². The van der Waals surface area contributed by atoms with Crippen molar-refractivity contribution < 1.29 is 0 Å². The fourth-order valence-electron chi connectivity index (χ4n) is 1.74. The maximum absolute atomic E-state index is 3.79. The molecule has 0 bridgehead atoms. The van der Waals surface area contributed by atoms with Gasteiger partial charge in [0.1, 0.15) is 0 Å². The van der Waals surface area contributed by atoms with Crippen molar-refractivity contribution in [3.8, 4) is 0 Å². The van der Waals surface area contributed by atoms with Crippen LogP contribution in [0.15, 0.2) is 47.6 Å². The Morgan fingerprint density at radius 3 is 2.18 bits per heavy atom. The van der Waals surface area contributed by atoms with Crippen molar-refractivity contribution in [3.63, 3.8) is 0 Å². The second-order valence-electron chi connectivity index (χ2n) is 4.85. The van der Waals surface area contributed by atoms with Gasteiger partial charge in [0.15, 0.2) is 0 Å². The average molecular weight is 232 g/mol. The highest BCUT2D eigenvalue weighted by molar-refractivity contribution is 5.08. The molecule has 0 spiro atoms. The highest BCUT2D eigenvalue weighted by Gasteiger charge is 1.93. The summed E-state index contributed by atoms with van der Waals surface area (Å²) in [6.07, 6.45) is 14.6. The highest BCUT2D eigenvalue weighted by Crippen LogP contribution is 2.13. The van der Waals surface area contributed by atoms with Crippen molar-refractivity contribution in [2.24, 2.45) is 0 Å². The van der Waals surface area contributed by atoms with Gasteiger partial charge < -0.3 is 0 Å². The van der Waals surface area contributed by atoms with Gasteiger partial charge in [-0.25, -0.2) is 0 Å². The van der Waals surface area contributed by atoms with Crippen molar-refractivity contribution in [1.29, 1.82) is 0 Å². The largest absolute Gasteiger partial charge is 0.103 e. The standard InChI is InChI=1S/C17H28/c1-6-10-17(7-2)14-9-13-16(5)12-8-11-15(3)4/h6-7,11,13H,1,8-10,12,14H2,2-5H3. The summed E-state index contributed by atoms with van der Waals surface area (Å²) in [5.74, 6) is 0. The third kappa shape index (κ3) is 9.86. The molecule has 0 aliphatic carbocycles. The van der Waals surface area contributed by atoms with E-state index < -0.39 is 0 Å². The maximum atomic E-state index is 3.79. The summed E-state index contributed by atoms with van der Waals surface area (Å²) >= 11 is 0. The topological polar surface area (TPSA) is 0 Å². The number of rotatable bonds is 8. The van der Waals surface area contributed by atoms with E-state index in [0.29, 0.717) is 0 Å². The molecular formula is C17H28. The Morgan fingerprint density at radius 2 is 1.65 bits per heavy atom. The fourth-order valence-corrected chi connectivity index (χ4v) is 1.74. The van der Waals surface area contributed by atoms with Gasteiger partial charge in [0.05, 0.1) is 0 Å². The zero-order valence-electron chi connectivity index (χ0n) is 12.1. The molecule has 0 N–H and O–H groups in total. The first-order valence-electron chi connectivity index (χ1n) is 6.64. The summed E-state index contributed by atoms with van der Waals surface area (Å²) in [5.41, 5.74) is 4.42. The van der Waals surface area contributed by atoms with Crippen LogP contribution in [0.25, 0.3) is 0 Å². The van der Waals surface area contributed by atoms with E-state index in [1.54, 1.807) is 0 Å². The van der Waals surface area contributed by atoms with Crippen molar-refractivity contribution >= 4 is 0 Å². The van der Waals surface area contributed by atoms with Gasteiger partial charge in [0.2, 0.25) is 0 Å². The molecule has 0 nitrogen and oxygen atoms in total. The number of hydrogen-bond acceptors (Lipinski definition) is 0. The van der Waals surface area contributed by atoms with E-state index in [1.807, 2.05) is 6.08 Å². The molecular weight excluding hydrogens is 204 g/mol. The zero-order chi connectivity index (χ0) is 13.1. The quantitative estimate of drug-likeness (QED) is 0.451. The summed E-state index contributed by atoms with van der Waals surface area (Å²) in [6.45, 7) is 12.5. The van der Waals surface area contributed by atoms with Gasteiger partial charge in [-0.05, 0) is 59.8 Å². The number of hydrogen-bond donors (Lipinski definition) is 0. The third-order valence-corrected chi connectivity index (χ3v) is 2.86. The second kappa shape index (κ2) is 10.1. The second-order valence-corrected chi connectivity index (χ2v) is 4.85. The van der Waals surface area contributed by atoms with Crippen molar-refractivity contribution in [2.75, 3.05) is 0 Å². The lowest BCUT2D eigenvalue weighted by Gasteiger charge is -2.03. The lowest BCUT2D eigenvalue weighted by Crippen LogP contribution is -1.82. The predicted octanol–water partition coefficient (Wildman–Crippen LogP) is 5.98. The van der Waals surface area contributed by atoms with E-state index in [2.05, 4.69) is 52.5 Å². The minimum Gasteiger partial charge on any atom is -0.103 e. The van der Waals surface area contributed by atoms with Crippen LogP contribution in [0.1, 0.15) is 59.8 Å². The Balaban J connectivity index is 3.90. The summed E-state index contributed by atoms with van der Waals surface area (Å²) in [7, 11) is 0. The number of allylic oxidation sites excluding steroid dienone is 7. The van der Waals surface area contributed by atoms with Gasteiger partial charge in [0.25, 0.3) is 0 Å². The Morgan fingerprint density at radius 1 is 1.00 bits per heavy atom. The van der Waals surface area contributed by atoms with E-state index in [1.165, 1.54) is 36.0 Å². The zero-order valence-corrected chi connectivity index (χ0v) is 12.1. The Bertz CT molecular complexity index is 296. The molecule has 0 heteroatoms. The van der Waals surface area contributed by atoms with Crippen LogP contribution in [0.2, 0.25) is 0 Å². The highest BCUT2D eigenvalue weighted by atomic mass is 14.0. The smallest absolute Gasteiger partial charge is 0.0142 e. The molecule has 0 aromatic carbocycles. The summed E-state index contributed by atoms with van der Waals surface area (Å²) in [5, 5.41) is 0. The van der Waals surface area contributed by atoms with Crippen molar-refractivity contribution in [2.45, 2.75) is 59.8 Å². The van der Waals surface area contributed by atoms with Gasteiger partial charge in [0, 0.05) is 0 Å². The fraction of sp³-hybridized carbons (Fsp3) is 0.529. The lowest BCUT2D eigenvalue weighted by atomic mass is 10.0. The monoisotopic (exact) mass is 232 g/mol. The molecule has 0 fully saturated rings. The molecule has 0 aliphatic heterocycles. The molecule has 0 amide bonds. The van der Waals surface area contributed by atoms with Crippen LogP contribution < -0.4 is 0 Å². The van der Waals surface area contributed by atoms with E-state index in [-0.39, 0.29) is 0 Å². The van der Waals surface area contributed by atoms with Gasteiger partial charge in [-0.2, -0.15) is 0 Å². The molecule has 0 aromatic heterocycles. The lowest BCUT2D eigenvalue weighted by molar-refractivity contribution is 0.901. The summed E-state index contributed by atoms with van der Waals surface area (Å²) in [6, 6.07) is 0. The van der Waals surface area contributed by atoms with E-state index >= 15 is 0 Å². The minimum absolute atomic E-state index is 1.03. The molecule has 0 radical (unpaired) electrons. The van der Waals surface area contributed by atoms with Crippen molar-refractivity contribution in [1.82, 2.24) is 0 Å². The van der Waals surface area contributed by atoms with Crippen LogP contribution in [-0.2, 0) is 0 Å². The third-order valence-electron chi connectivity index (χ3n) is 2.86. The molecule has 0 aliphatic rings. The Hall–Kier alpha value is -1.04. The van der Waals surface area contributed by atoms with Crippen LogP contribution in [0, 0.1) is 0 Å². The summed E-state index contributed by atoms with van der Waals surface area (Å²) < 4.78 is 0. The predicted molar refractivity (Wildman–Crippen MR) is 80.2 cm³/mol. The van der Waals surface area contributed by atoms with Crippen LogP contribution >= 0.6 is 0 Å². The van der Waals surface area contributed by atoms with Crippen LogP contribution in [-0.4, -0.2) is 0 Å². The van der Waals surface area contributed by atoms with Crippen LogP contribution in [0.4, 0.5) is 0 Å². The van der Waals surface area contributed by atoms with Gasteiger partial charge in [-0.3, -0.25) is 0 Å². The van der Waals surface area contributed by atoms with E-state index in [0.717, 1.165) is 12.8 Å². The first-order valence-corrected chi connectivity index (χ1v) is 6.64. The average Bonchev–Trinajstić information content (AvgIpc) is 2.27. The molecule has 17 heavy (non-hydrogen) atoms. The molecule has 0 saturated heterocycles.